The predicted molar refractivity (Wildman–Crippen MR) is 291 cm³/mol. The number of benzene rings is 8. The van der Waals surface area contributed by atoms with E-state index in [0.717, 1.165) is 26.2 Å². The summed E-state index contributed by atoms with van der Waals surface area (Å²) < 4.78 is 15.9. The third-order valence-electron chi connectivity index (χ3n) is 15.0. The summed E-state index contributed by atoms with van der Waals surface area (Å²) in [7, 11) is 9.25. The molecule has 0 amide bonds. The zero-order chi connectivity index (χ0) is 45.2. The van der Waals surface area contributed by atoms with Crippen LogP contribution in [-0.4, -0.2) is 94.0 Å². The fourth-order valence-corrected chi connectivity index (χ4v) is 21.5. The van der Waals surface area contributed by atoms with Gasteiger partial charge >= 0.3 is 410 Å². The van der Waals surface area contributed by atoms with Gasteiger partial charge in [-0.05, 0) is 0 Å². The molecule has 0 bridgehead atoms. The summed E-state index contributed by atoms with van der Waals surface area (Å²) in [5.41, 5.74) is 10.8. The van der Waals surface area contributed by atoms with Crippen LogP contribution in [0.25, 0.3) is 65.3 Å². The van der Waals surface area contributed by atoms with Crippen molar-refractivity contribution in [2.24, 2.45) is 0 Å². The second kappa shape index (κ2) is 18.0. The van der Waals surface area contributed by atoms with Crippen LogP contribution in [0.1, 0.15) is 51.4 Å². The molecular formula is C56H60N6P2Se2. The number of hydrogen-bond acceptors (Lipinski definition) is 3. The molecule has 336 valence electrons. The fraction of sp³-hybridized carbons (Fsp3) is 0.286. The molecule has 8 aromatic rings. The molecule has 0 spiro atoms. The van der Waals surface area contributed by atoms with Crippen molar-refractivity contribution < 1.29 is 4.33 Å². The van der Waals surface area contributed by atoms with Crippen molar-refractivity contribution in [1.82, 2.24) is 4.67 Å². The summed E-state index contributed by atoms with van der Waals surface area (Å²) in [6.45, 7) is 4.62. The standard InChI is InChI=1S/2C28H30N3PSe/c2*1-29-25-17-15-21-11-5-7-13-23(21)27(25)28-24-14-8-6-12-22(24)16-18-26(28)30(2)32(29,33)31-19-9-3-4-10-20-31/h2*5-8,11-18H,3-4,9-10,19-20H2,1-2H3. The molecule has 4 heterocycles. The molecule has 10 heteroatoms. The van der Waals surface area contributed by atoms with E-state index in [4.69, 9.17) is 0 Å². The quantitative estimate of drug-likeness (QED) is 0.120. The van der Waals surface area contributed by atoms with E-state index < -0.39 is 12.0 Å². The number of fused-ring (bicyclic) bond motifs is 14. The van der Waals surface area contributed by atoms with Crippen LogP contribution < -0.4 is 18.7 Å². The molecular weight excluding hydrogens is 977 g/mol. The zero-order valence-electron chi connectivity index (χ0n) is 38.7. The summed E-state index contributed by atoms with van der Waals surface area (Å²) in [5, 5.41) is 10.5. The first-order chi connectivity index (χ1) is 32.2. The molecule has 66 heavy (non-hydrogen) atoms. The maximum atomic E-state index is 3.80. The molecule has 0 unspecified atom stereocenters. The van der Waals surface area contributed by atoms with Gasteiger partial charge in [0.15, 0.2) is 0 Å². The number of hydrogen-bond donors (Lipinski definition) is 0. The molecule has 0 N–H and O–H groups in total. The third-order valence-corrected chi connectivity index (χ3v) is 30.3. The van der Waals surface area contributed by atoms with Crippen LogP contribution in [-0.2, 0) is 0 Å². The van der Waals surface area contributed by atoms with E-state index in [1.165, 1.54) is 139 Å². The van der Waals surface area contributed by atoms with Crippen LogP contribution in [0, 0.1) is 0 Å². The topological polar surface area (TPSA) is 19.2 Å². The average Bonchev–Trinajstić information content (AvgIpc) is 3.87. The summed E-state index contributed by atoms with van der Waals surface area (Å²) in [6.07, 6.45) is 10.5. The van der Waals surface area contributed by atoms with Gasteiger partial charge in [-0.15, -0.1) is 0 Å². The average molecular weight is 1040 g/mol. The van der Waals surface area contributed by atoms with Gasteiger partial charge in [-0.3, -0.25) is 0 Å². The van der Waals surface area contributed by atoms with Crippen LogP contribution in [0.2, 0.25) is 0 Å². The van der Waals surface area contributed by atoms with Crippen LogP contribution in [0.3, 0.4) is 0 Å². The SMILES string of the molecule is CN1c2ccc3ccccc3c2-c2c(ccc3ccccc23)N(C)P1(=[Se])N1CCCCCC1.CN1c2ccc3ccccc3c2-c2c(ccc3ccccc23)N(C)P1([Se-])=[N+]1CCCCCC1. The van der Waals surface area contributed by atoms with Crippen LogP contribution in [0.4, 0.5) is 22.7 Å². The molecule has 6 nitrogen and oxygen atoms in total. The first-order valence-electron chi connectivity index (χ1n) is 24.0. The van der Waals surface area contributed by atoms with Crippen LogP contribution in [0.15, 0.2) is 146 Å². The van der Waals surface area contributed by atoms with Gasteiger partial charge in [-0.25, -0.2) is 0 Å². The van der Waals surface area contributed by atoms with Gasteiger partial charge in [0.05, 0.1) is 0 Å². The Morgan fingerprint density at radius 3 is 1.05 bits per heavy atom. The van der Waals surface area contributed by atoms with E-state index in [0.29, 0.717) is 0 Å². The van der Waals surface area contributed by atoms with Gasteiger partial charge in [-0.1, -0.05) is 0 Å². The van der Waals surface area contributed by atoms with Gasteiger partial charge in [0, 0.05) is 0 Å². The number of rotatable bonds is 1. The number of nitrogens with zero attached hydrogens (tertiary/aromatic N) is 6. The van der Waals surface area contributed by atoms with Crippen molar-refractivity contribution in [3.8, 4) is 22.3 Å². The molecule has 4 aliphatic heterocycles. The Morgan fingerprint density at radius 2 is 0.697 bits per heavy atom. The second-order valence-electron chi connectivity index (χ2n) is 18.6. The molecule has 8 aromatic carbocycles. The molecule has 2 fully saturated rings. The Labute approximate surface area is 407 Å². The van der Waals surface area contributed by atoms with Crippen LogP contribution >= 0.6 is 12.0 Å². The Kier molecular flexibility index (Phi) is 12.0. The minimum absolute atomic E-state index is 1.15. The Morgan fingerprint density at radius 1 is 0.394 bits per heavy atom. The van der Waals surface area contributed by atoms with Crippen molar-refractivity contribution in [3.63, 3.8) is 0 Å². The van der Waals surface area contributed by atoms with Gasteiger partial charge in [-0.2, -0.15) is 0 Å². The van der Waals surface area contributed by atoms with Gasteiger partial charge < -0.3 is 0 Å². The molecule has 0 radical (unpaired) electrons. The zero-order valence-corrected chi connectivity index (χ0v) is 44.0. The molecule has 0 saturated carbocycles. The van der Waals surface area contributed by atoms with Crippen molar-refractivity contribution >= 4 is 109 Å². The van der Waals surface area contributed by atoms with Gasteiger partial charge in [0.1, 0.15) is 0 Å². The van der Waals surface area contributed by atoms with Crippen molar-refractivity contribution in [2.75, 3.05) is 73.1 Å². The first kappa shape index (κ1) is 44.2. The van der Waals surface area contributed by atoms with E-state index in [2.05, 4.69) is 232 Å². The van der Waals surface area contributed by atoms with E-state index in [1.807, 2.05) is 0 Å². The minimum atomic E-state index is -1.94. The molecule has 0 aliphatic carbocycles. The van der Waals surface area contributed by atoms with Crippen molar-refractivity contribution in [1.29, 1.82) is 0 Å². The number of anilines is 4. The predicted octanol–water partition coefficient (Wildman–Crippen LogP) is 14.5. The normalized spacial score (nSPS) is 18.3. The molecule has 4 aliphatic rings. The molecule has 0 atom stereocenters. The maximum absolute atomic E-state index is 3.80. The monoisotopic (exact) mass is 1040 g/mol. The third kappa shape index (κ3) is 7.13. The molecule has 12 rings (SSSR count). The van der Waals surface area contributed by atoms with Crippen molar-refractivity contribution in [2.45, 2.75) is 51.4 Å². The summed E-state index contributed by atoms with van der Waals surface area (Å²) in [4.78, 5) is 0. The summed E-state index contributed by atoms with van der Waals surface area (Å²) in [5.74, 6) is -1.94. The van der Waals surface area contributed by atoms with E-state index in [1.54, 1.807) is 0 Å². The van der Waals surface area contributed by atoms with E-state index in [-0.39, 0.29) is 0 Å². The summed E-state index contributed by atoms with van der Waals surface area (Å²) in [6, 6.07) is 52.1. The van der Waals surface area contributed by atoms with E-state index in [9.17, 15) is 0 Å². The Hall–Kier alpha value is -4.34. The Bertz CT molecular complexity index is 3090. The first-order valence-corrected chi connectivity index (χ1v) is 31.7. The summed E-state index contributed by atoms with van der Waals surface area (Å²) >= 11 is 7.59. The van der Waals surface area contributed by atoms with E-state index >= 15 is 0 Å². The Balaban J connectivity index is 0.000000146. The fourth-order valence-electron chi connectivity index (χ4n) is 11.5. The molecule has 0 aromatic heterocycles. The second-order valence-corrected chi connectivity index (χ2v) is 30.3. The molecule has 2 saturated heterocycles. The van der Waals surface area contributed by atoms with Crippen molar-refractivity contribution in [3.05, 3.63) is 146 Å². The van der Waals surface area contributed by atoms with Gasteiger partial charge in [0.2, 0.25) is 0 Å². The van der Waals surface area contributed by atoms with Gasteiger partial charge in [0.25, 0.3) is 0 Å². The van der Waals surface area contributed by atoms with Crippen LogP contribution in [0.5, 0.6) is 0 Å².